The summed E-state index contributed by atoms with van der Waals surface area (Å²) in [7, 11) is 0. The lowest BCUT2D eigenvalue weighted by atomic mass is 10.0. The average molecular weight is 437 g/mol. The molecule has 4 aromatic rings. The Morgan fingerprint density at radius 3 is 2.67 bits per heavy atom. The zero-order chi connectivity index (χ0) is 21.1. The molecule has 1 unspecified atom stereocenters. The van der Waals surface area contributed by atoms with E-state index in [1.807, 2.05) is 35.7 Å². The molecule has 9 heteroatoms. The summed E-state index contributed by atoms with van der Waals surface area (Å²) in [5, 5.41) is 5.57. The van der Waals surface area contributed by atoms with Crippen LogP contribution in [0.4, 0.5) is 0 Å². The van der Waals surface area contributed by atoms with Crippen LogP contribution in [0.3, 0.4) is 0 Å². The second-order valence-electron chi connectivity index (χ2n) is 6.50. The number of hydrogen-bond acceptors (Lipinski definition) is 7. The summed E-state index contributed by atoms with van der Waals surface area (Å²) >= 11 is 2.67. The van der Waals surface area contributed by atoms with Gasteiger partial charge in [0.15, 0.2) is 0 Å². The van der Waals surface area contributed by atoms with Crippen molar-refractivity contribution in [1.29, 1.82) is 0 Å². The third-order valence-electron chi connectivity index (χ3n) is 4.56. The number of aromatic nitrogens is 2. The van der Waals surface area contributed by atoms with Crippen LogP contribution in [0.25, 0.3) is 20.7 Å². The van der Waals surface area contributed by atoms with Crippen molar-refractivity contribution in [3.63, 3.8) is 0 Å². The Labute approximate surface area is 179 Å². The Kier molecular flexibility index (Phi) is 5.64. The van der Waals surface area contributed by atoms with Crippen molar-refractivity contribution in [3.8, 4) is 10.6 Å². The summed E-state index contributed by atoms with van der Waals surface area (Å²) in [6.07, 6.45) is 3.21. The van der Waals surface area contributed by atoms with Gasteiger partial charge in [-0.1, -0.05) is 24.3 Å². The number of ketones is 1. The molecule has 30 heavy (non-hydrogen) atoms. The Morgan fingerprint density at radius 2 is 1.90 bits per heavy atom. The van der Waals surface area contributed by atoms with Gasteiger partial charge in [-0.3, -0.25) is 19.4 Å². The zero-order valence-electron chi connectivity index (χ0n) is 15.6. The molecule has 150 valence electrons. The van der Waals surface area contributed by atoms with Gasteiger partial charge in [0.2, 0.25) is 5.78 Å². The zero-order valence-corrected chi connectivity index (χ0v) is 17.2. The average Bonchev–Trinajstić information content (AvgIpc) is 3.41. The van der Waals surface area contributed by atoms with E-state index in [2.05, 4.69) is 14.7 Å². The molecule has 1 aromatic carbocycles. The predicted molar refractivity (Wildman–Crippen MR) is 116 cm³/mol. The van der Waals surface area contributed by atoms with Crippen molar-refractivity contribution in [2.75, 3.05) is 0 Å². The molecular weight excluding hydrogens is 420 g/mol. The fourth-order valence-electron chi connectivity index (χ4n) is 3.11. The summed E-state index contributed by atoms with van der Waals surface area (Å²) in [4.78, 5) is 41.8. The van der Waals surface area contributed by atoms with Crippen LogP contribution in [0.1, 0.15) is 15.9 Å². The summed E-state index contributed by atoms with van der Waals surface area (Å²) in [5.74, 6) is -2.45. The number of pyridine rings is 1. The standard InChI is InChI=1S/C21H16N4O3S2/c22-20(27)18(26)16(9-12-11-29-17-7-2-1-5-13(12)17)25-21(28)14-10-24-30-19(14)15-6-3-4-8-23-15/h1-8,10-11,16H,9H2,(H2,22,27)(H,25,28). The number of carbonyl (C=O) groups excluding carboxylic acids is 3. The van der Waals surface area contributed by atoms with Crippen LogP contribution in [0.2, 0.25) is 0 Å². The van der Waals surface area contributed by atoms with Crippen molar-refractivity contribution in [1.82, 2.24) is 14.7 Å². The van der Waals surface area contributed by atoms with E-state index in [1.165, 1.54) is 17.5 Å². The first-order chi connectivity index (χ1) is 14.5. The largest absolute Gasteiger partial charge is 0.363 e. The molecule has 2 amide bonds. The third-order valence-corrected chi connectivity index (χ3v) is 6.40. The Morgan fingerprint density at radius 1 is 1.10 bits per heavy atom. The highest BCUT2D eigenvalue weighted by molar-refractivity contribution is 7.17. The first kappa shape index (κ1) is 19.9. The molecule has 3 N–H and O–H groups in total. The molecule has 0 spiro atoms. The first-order valence-electron chi connectivity index (χ1n) is 9.00. The smallest absolute Gasteiger partial charge is 0.287 e. The number of rotatable bonds is 7. The van der Waals surface area contributed by atoms with E-state index >= 15 is 0 Å². The van der Waals surface area contributed by atoms with Crippen LogP contribution in [-0.2, 0) is 16.0 Å². The molecule has 4 rings (SSSR count). The number of hydrogen-bond donors (Lipinski definition) is 2. The maximum Gasteiger partial charge on any atom is 0.287 e. The quantitative estimate of drug-likeness (QED) is 0.432. The number of fused-ring (bicyclic) bond motifs is 1. The van der Waals surface area contributed by atoms with Crippen LogP contribution in [0.5, 0.6) is 0 Å². The predicted octanol–water partition coefficient (Wildman–Crippen LogP) is 2.82. The molecule has 0 aliphatic rings. The van der Waals surface area contributed by atoms with Gasteiger partial charge in [0, 0.05) is 17.3 Å². The molecule has 0 aliphatic carbocycles. The second kappa shape index (κ2) is 8.52. The number of Topliss-reactive ketones (excluding diaryl/α,β-unsaturated/α-hetero) is 1. The van der Waals surface area contributed by atoms with Crippen molar-refractivity contribution >= 4 is 50.6 Å². The summed E-state index contributed by atoms with van der Waals surface area (Å²) in [6.45, 7) is 0. The number of nitrogens with two attached hydrogens (primary N) is 1. The number of amides is 2. The van der Waals surface area contributed by atoms with Gasteiger partial charge < -0.3 is 11.1 Å². The van der Waals surface area contributed by atoms with Crippen molar-refractivity contribution in [2.45, 2.75) is 12.5 Å². The van der Waals surface area contributed by atoms with Crippen LogP contribution >= 0.6 is 22.9 Å². The van der Waals surface area contributed by atoms with Crippen molar-refractivity contribution < 1.29 is 14.4 Å². The maximum absolute atomic E-state index is 13.0. The minimum Gasteiger partial charge on any atom is -0.363 e. The molecule has 0 aliphatic heterocycles. The molecule has 1 atom stereocenters. The number of primary amides is 1. The van der Waals surface area contributed by atoms with E-state index < -0.39 is 23.6 Å². The Bertz CT molecular complexity index is 1230. The molecule has 7 nitrogen and oxygen atoms in total. The van der Waals surface area contributed by atoms with E-state index in [0.29, 0.717) is 10.6 Å². The van der Waals surface area contributed by atoms with Gasteiger partial charge >= 0.3 is 0 Å². The van der Waals surface area contributed by atoms with Gasteiger partial charge in [0.1, 0.15) is 6.04 Å². The normalized spacial score (nSPS) is 11.9. The Balaban J connectivity index is 1.62. The minimum absolute atomic E-state index is 0.161. The van der Waals surface area contributed by atoms with Gasteiger partial charge in [-0.2, -0.15) is 4.37 Å². The van der Waals surface area contributed by atoms with E-state index in [1.54, 1.807) is 18.3 Å². The fraction of sp³-hybridized carbons (Fsp3) is 0.0952. The van der Waals surface area contributed by atoms with Crippen molar-refractivity contribution in [2.24, 2.45) is 5.73 Å². The number of benzene rings is 1. The lowest BCUT2D eigenvalue weighted by molar-refractivity contribution is -0.137. The molecule has 3 aromatic heterocycles. The van der Waals surface area contributed by atoms with Crippen LogP contribution in [0, 0.1) is 0 Å². The van der Waals surface area contributed by atoms with Gasteiger partial charge in [0.05, 0.1) is 22.3 Å². The van der Waals surface area contributed by atoms with Crippen LogP contribution in [0.15, 0.2) is 60.2 Å². The number of carbonyl (C=O) groups is 3. The lowest BCUT2D eigenvalue weighted by Crippen LogP contribution is -2.47. The van der Waals surface area contributed by atoms with E-state index in [-0.39, 0.29) is 12.0 Å². The van der Waals surface area contributed by atoms with Gasteiger partial charge in [0.25, 0.3) is 11.8 Å². The molecule has 0 bridgehead atoms. The highest BCUT2D eigenvalue weighted by atomic mass is 32.1. The fourth-order valence-corrected chi connectivity index (χ4v) is 4.81. The van der Waals surface area contributed by atoms with Crippen LogP contribution in [-0.4, -0.2) is 33.0 Å². The molecular formula is C21H16N4O3S2. The van der Waals surface area contributed by atoms with E-state index in [4.69, 9.17) is 5.73 Å². The van der Waals surface area contributed by atoms with Crippen LogP contribution < -0.4 is 11.1 Å². The second-order valence-corrected chi connectivity index (χ2v) is 8.21. The first-order valence-corrected chi connectivity index (χ1v) is 10.7. The molecule has 0 fully saturated rings. The molecule has 0 saturated carbocycles. The molecule has 0 radical (unpaired) electrons. The van der Waals surface area contributed by atoms with Crippen molar-refractivity contribution in [3.05, 3.63) is 71.4 Å². The SMILES string of the molecule is NC(=O)C(=O)C(Cc1csc2ccccc12)NC(=O)c1cnsc1-c1ccccn1. The Hall–Kier alpha value is -3.43. The topological polar surface area (TPSA) is 115 Å². The lowest BCUT2D eigenvalue weighted by Gasteiger charge is -2.16. The number of nitrogens with one attached hydrogen (secondary N) is 1. The van der Waals surface area contributed by atoms with E-state index in [9.17, 15) is 14.4 Å². The highest BCUT2D eigenvalue weighted by Gasteiger charge is 2.28. The summed E-state index contributed by atoms with van der Waals surface area (Å²) in [6, 6.07) is 12.0. The molecule has 3 heterocycles. The number of nitrogens with zero attached hydrogens (tertiary/aromatic N) is 2. The summed E-state index contributed by atoms with van der Waals surface area (Å²) in [5.41, 5.74) is 6.99. The number of thiophene rings is 1. The van der Waals surface area contributed by atoms with Gasteiger partial charge in [-0.25, -0.2) is 0 Å². The van der Waals surface area contributed by atoms with Gasteiger partial charge in [-0.15, -0.1) is 11.3 Å². The highest BCUT2D eigenvalue weighted by Crippen LogP contribution is 2.28. The summed E-state index contributed by atoms with van der Waals surface area (Å²) < 4.78 is 5.15. The minimum atomic E-state index is -1.09. The molecule has 0 saturated heterocycles. The monoisotopic (exact) mass is 436 g/mol. The van der Waals surface area contributed by atoms with Gasteiger partial charge in [-0.05, 0) is 46.1 Å². The van der Waals surface area contributed by atoms with E-state index in [0.717, 1.165) is 27.2 Å². The maximum atomic E-state index is 13.0. The third kappa shape index (κ3) is 3.98.